The molecule has 0 aliphatic carbocycles. The topological polar surface area (TPSA) is 37.8 Å². The van der Waals surface area contributed by atoms with Crippen LogP contribution < -0.4 is 5.32 Å². The number of rotatable bonds is 5. The van der Waals surface area contributed by atoms with Crippen molar-refractivity contribution in [2.75, 3.05) is 13.1 Å². The summed E-state index contributed by atoms with van der Waals surface area (Å²) in [4.78, 5) is 0. The molecule has 0 spiro atoms. The molecule has 18 heavy (non-hydrogen) atoms. The standard InChI is InChI=1S/C13H16FN3S/c1-3-15-7-6-12-16-17-13(18-12)10-5-4-9(2)11(14)8-10/h4-5,8,15H,3,6-7H2,1-2H3. The number of nitrogens with one attached hydrogen (secondary N) is 1. The Morgan fingerprint density at radius 1 is 1.33 bits per heavy atom. The van der Waals surface area contributed by atoms with Gasteiger partial charge in [-0.2, -0.15) is 0 Å². The summed E-state index contributed by atoms with van der Waals surface area (Å²) >= 11 is 1.52. The van der Waals surface area contributed by atoms with Crippen LogP contribution in [0.4, 0.5) is 4.39 Å². The molecule has 0 amide bonds. The van der Waals surface area contributed by atoms with Crippen molar-refractivity contribution in [2.24, 2.45) is 0 Å². The van der Waals surface area contributed by atoms with Gasteiger partial charge < -0.3 is 5.32 Å². The van der Waals surface area contributed by atoms with E-state index in [-0.39, 0.29) is 5.82 Å². The minimum absolute atomic E-state index is 0.197. The number of hydrogen-bond acceptors (Lipinski definition) is 4. The highest BCUT2D eigenvalue weighted by molar-refractivity contribution is 7.14. The average Bonchev–Trinajstić information content (AvgIpc) is 2.82. The Kier molecular flexibility index (Phi) is 4.38. The van der Waals surface area contributed by atoms with Gasteiger partial charge >= 0.3 is 0 Å². The number of halogens is 1. The number of aryl methyl sites for hydroxylation is 1. The molecule has 0 aliphatic heterocycles. The molecule has 1 N–H and O–H groups in total. The molecular weight excluding hydrogens is 249 g/mol. The van der Waals surface area contributed by atoms with E-state index in [2.05, 4.69) is 22.4 Å². The van der Waals surface area contributed by atoms with Gasteiger partial charge in [0.15, 0.2) is 0 Å². The average molecular weight is 265 g/mol. The highest BCUT2D eigenvalue weighted by Gasteiger charge is 2.08. The molecule has 1 aromatic carbocycles. The first kappa shape index (κ1) is 13.1. The lowest BCUT2D eigenvalue weighted by atomic mass is 10.1. The van der Waals surface area contributed by atoms with Crippen LogP contribution in [0.2, 0.25) is 0 Å². The summed E-state index contributed by atoms with van der Waals surface area (Å²) < 4.78 is 13.5. The number of hydrogen-bond donors (Lipinski definition) is 1. The third-order valence-electron chi connectivity index (χ3n) is 2.65. The van der Waals surface area contributed by atoms with Crippen LogP contribution in [-0.4, -0.2) is 23.3 Å². The molecule has 0 bridgehead atoms. The molecular formula is C13H16FN3S. The van der Waals surface area contributed by atoms with Crippen molar-refractivity contribution >= 4 is 11.3 Å². The van der Waals surface area contributed by atoms with Crippen molar-refractivity contribution in [3.63, 3.8) is 0 Å². The van der Waals surface area contributed by atoms with E-state index in [0.29, 0.717) is 5.56 Å². The lowest BCUT2D eigenvalue weighted by molar-refractivity contribution is 0.619. The predicted molar refractivity (Wildman–Crippen MR) is 72.3 cm³/mol. The van der Waals surface area contributed by atoms with Gasteiger partial charge in [-0.1, -0.05) is 30.4 Å². The first-order valence-electron chi connectivity index (χ1n) is 6.00. The van der Waals surface area contributed by atoms with Crippen LogP contribution in [0.15, 0.2) is 18.2 Å². The maximum atomic E-state index is 13.5. The van der Waals surface area contributed by atoms with Crippen molar-refractivity contribution in [3.8, 4) is 10.6 Å². The third kappa shape index (κ3) is 3.11. The molecule has 0 atom stereocenters. The summed E-state index contributed by atoms with van der Waals surface area (Å²) in [5, 5.41) is 13.2. The zero-order valence-electron chi connectivity index (χ0n) is 10.5. The first-order chi connectivity index (χ1) is 8.70. The van der Waals surface area contributed by atoms with Crippen LogP contribution in [0.3, 0.4) is 0 Å². The summed E-state index contributed by atoms with van der Waals surface area (Å²) in [5.41, 5.74) is 1.45. The quantitative estimate of drug-likeness (QED) is 0.845. The van der Waals surface area contributed by atoms with E-state index in [1.165, 1.54) is 17.4 Å². The van der Waals surface area contributed by atoms with Crippen LogP contribution in [-0.2, 0) is 6.42 Å². The van der Waals surface area contributed by atoms with Crippen molar-refractivity contribution < 1.29 is 4.39 Å². The second-order valence-electron chi connectivity index (χ2n) is 4.07. The van der Waals surface area contributed by atoms with Crippen molar-refractivity contribution in [2.45, 2.75) is 20.3 Å². The molecule has 3 nitrogen and oxygen atoms in total. The van der Waals surface area contributed by atoms with Crippen molar-refractivity contribution in [3.05, 3.63) is 34.6 Å². The van der Waals surface area contributed by atoms with Gasteiger partial charge in [0.1, 0.15) is 15.8 Å². The number of nitrogens with zero attached hydrogens (tertiary/aromatic N) is 2. The van der Waals surface area contributed by atoms with Gasteiger partial charge in [-0.05, 0) is 25.1 Å². The molecule has 0 fully saturated rings. The van der Waals surface area contributed by atoms with Crippen LogP contribution in [0.5, 0.6) is 0 Å². The summed E-state index contributed by atoms with van der Waals surface area (Å²) in [6.45, 7) is 5.67. The van der Waals surface area contributed by atoms with Crippen LogP contribution in [0.1, 0.15) is 17.5 Å². The molecule has 0 saturated carbocycles. The van der Waals surface area contributed by atoms with Crippen LogP contribution in [0, 0.1) is 12.7 Å². The summed E-state index contributed by atoms with van der Waals surface area (Å²) in [7, 11) is 0. The second-order valence-corrected chi connectivity index (χ2v) is 5.13. The maximum Gasteiger partial charge on any atom is 0.147 e. The normalized spacial score (nSPS) is 10.8. The first-order valence-corrected chi connectivity index (χ1v) is 6.82. The van der Waals surface area contributed by atoms with Gasteiger partial charge in [-0.15, -0.1) is 10.2 Å². The maximum absolute atomic E-state index is 13.5. The van der Waals surface area contributed by atoms with E-state index in [0.717, 1.165) is 35.1 Å². The molecule has 1 heterocycles. The monoisotopic (exact) mass is 265 g/mol. The van der Waals surface area contributed by atoms with E-state index in [1.54, 1.807) is 13.0 Å². The molecule has 96 valence electrons. The zero-order chi connectivity index (χ0) is 13.0. The van der Waals surface area contributed by atoms with Crippen molar-refractivity contribution in [1.82, 2.24) is 15.5 Å². The van der Waals surface area contributed by atoms with E-state index < -0.39 is 0 Å². The summed E-state index contributed by atoms with van der Waals surface area (Å²) in [5.74, 6) is -0.197. The fourth-order valence-electron chi connectivity index (χ4n) is 1.57. The van der Waals surface area contributed by atoms with Gasteiger partial charge in [0.2, 0.25) is 0 Å². The molecule has 1 aromatic heterocycles. The van der Waals surface area contributed by atoms with Crippen molar-refractivity contribution in [1.29, 1.82) is 0 Å². The molecule has 2 rings (SSSR count). The van der Waals surface area contributed by atoms with E-state index in [1.807, 2.05) is 6.07 Å². The van der Waals surface area contributed by atoms with E-state index >= 15 is 0 Å². The SMILES string of the molecule is CCNCCc1nnc(-c2ccc(C)c(F)c2)s1. The Bertz CT molecular complexity index is 525. The largest absolute Gasteiger partial charge is 0.317 e. The molecule has 0 aliphatic rings. The second kappa shape index (κ2) is 6.02. The minimum atomic E-state index is -0.197. The highest BCUT2D eigenvalue weighted by Crippen LogP contribution is 2.25. The fourth-order valence-corrected chi connectivity index (χ4v) is 2.40. The zero-order valence-corrected chi connectivity index (χ0v) is 11.4. The van der Waals surface area contributed by atoms with E-state index in [9.17, 15) is 4.39 Å². The van der Waals surface area contributed by atoms with E-state index in [4.69, 9.17) is 0 Å². The molecule has 0 unspecified atom stereocenters. The predicted octanol–water partition coefficient (Wildman–Crippen LogP) is 2.80. The molecule has 0 radical (unpaired) electrons. The lowest BCUT2D eigenvalue weighted by Crippen LogP contribution is -2.15. The van der Waals surface area contributed by atoms with Crippen LogP contribution in [0.25, 0.3) is 10.6 Å². The van der Waals surface area contributed by atoms with Gasteiger partial charge in [-0.3, -0.25) is 0 Å². The molecule has 5 heteroatoms. The number of aromatic nitrogens is 2. The highest BCUT2D eigenvalue weighted by atomic mass is 32.1. The third-order valence-corrected chi connectivity index (χ3v) is 3.68. The molecule has 2 aromatic rings. The fraction of sp³-hybridized carbons (Fsp3) is 0.385. The van der Waals surface area contributed by atoms with Gasteiger partial charge in [-0.25, -0.2) is 4.39 Å². The Labute approximate surface area is 110 Å². The Hall–Kier alpha value is -1.33. The Balaban J connectivity index is 2.11. The lowest BCUT2D eigenvalue weighted by Gasteiger charge is -1.98. The van der Waals surface area contributed by atoms with Crippen LogP contribution >= 0.6 is 11.3 Å². The Morgan fingerprint density at radius 3 is 2.89 bits per heavy atom. The molecule has 0 saturated heterocycles. The summed E-state index contributed by atoms with van der Waals surface area (Å²) in [6.07, 6.45) is 0.861. The van der Waals surface area contributed by atoms with Gasteiger partial charge in [0, 0.05) is 18.5 Å². The number of likely N-dealkylation sites (N-methyl/N-ethyl adjacent to an activating group) is 1. The minimum Gasteiger partial charge on any atom is -0.317 e. The Morgan fingerprint density at radius 2 is 2.17 bits per heavy atom. The van der Waals surface area contributed by atoms with Gasteiger partial charge in [0.05, 0.1) is 0 Å². The summed E-state index contributed by atoms with van der Waals surface area (Å²) in [6, 6.07) is 5.17. The smallest absolute Gasteiger partial charge is 0.147 e. The number of benzene rings is 1. The van der Waals surface area contributed by atoms with Gasteiger partial charge in [0.25, 0.3) is 0 Å².